The van der Waals surface area contributed by atoms with Gasteiger partial charge in [0.15, 0.2) is 0 Å². The van der Waals surface area contributed by atoms with E-state index in [1.165, 1.54) is 18.4 Å². The number of methoxy groups -OCH3 is 1. The average Bonchev–Trinajstić information content (AvgIpc) is 2.25. The Morgan fingerprint density at radius 2 is 2.21 bits per heavy atom. The Kier molecular flexibility index (Phi) is 4.84. The number of hydrogen-bond donors (Lipinski definition) is 0. The van der Waals surface area contributed by atoms with Crippen molar-refractivity contribution in [2.45, 2.75) is 26.2 Å². The number of hydrogen-bond acceptors (Lipinski definition) is 1. The first kappa shape index (κ1) is 10.8. The Balaban J connectivity index is 2.53. The van der Waals surface area contributed by atoms with Crippen molar-refractivity contribution < 1.29 is 4.74 Å². The molecule has 1 rings (SSSR count). The van der Waals surface area contributed by atoms with Gasteiger partial charge in [0, 0.05) is 0 Å². The lowest BCUT2D eigenvalue weighted by Gasteiger charge is -1.99. The Labute approximate surface area is 86.4 Å². The first-order valence-electron chi connectivity index (χ1n) is 5.17. The molecule has 0 N–H and O–H groups in total. The van der Waals surface area contributed by atoms with Crippen molar-refractivity contribution in [3.63, 3.8) is 0 Å². The first-order valence-corrected chi connectivity index (χ1v) is 5.17. The molecule has 1 heteroatoms. The third-order valence-electron chi connectivity index (χ3n) is 2.13. The van der Waals surface area contributed by atoms with Crippen LogP contribution in [0.15, 0.2) is 30.3 Å². The molecule has 1 aromatic rings. The molecule has 0 aliphatic heterocycles. The second-order valence-electron chi connectivity index (χ2n) is 3.32. The molecule has 0 bridgehead atoms. The van der Waals surface area contributed by atoms with E-state index in [4.69, 9.17) is 4.74 Å². The first-order chi connectivity index (χ1) is 6.86. The summed E-state index contributed by atoms with van der Waals surface area (Å²) in [6, 6.07) is 8.11. The van der Waals surface area contributed by atoms with Crippen molar-refractivity contribution in [1.29, 1.82) is 0 Å². The topological polar surface area (TPSA) is 9.23 Å². The van der Waals surface area contributed by atoms with E-state index in [2.05, 4.69) is 25.1 Å². The van der Waals surface area contributed by atoms with E-state index in [1.54, 1.807) is 7.11 Å². The lowest BCUT2D eigenvalue weighted by Crippen LogP contribution is -1.82. The van der Waals surface area contributed by atoms with Gasteiger partial charge in [0.1, 0.15) is 5.75 Å². The maximum absolute atomic E-state index is 5.15. The van der Waals surface area contributed by atoms with Gasteiger partial charge < -0.3 is 4.74 Å². The predicted molar refractivity (Wildman–Crippen MR) is 61.6 cm³/mol. The summed E-state index contributed by atoms with van der Waals surface area (Å²) in [7, 11) is 1.69. The molecule has 0 heterocycles. The van der Waals surface area contributed by atoms with Gasteiger partial charge in [-0.05, 0) is 24.1 Å². The van der Waals surface area contributed by atoms with Gasteiger partial charge in [-0.15, -0.1) is 0 Å². The number of benzene rings is 1. The summed E-state index contributed by atoms with van der Waals surface area (Å²) in [5.74, 6) is 0.919. The van der Waals surface area contributed by atoms with E-state index in [0.29, 0.717) is 0 Å². The highest BCUT2D eigenvalue weighted by molar-refractivity contribution is 5.51. The van der Waals surface area contributed by atoms with Gasteiger partial charge in [0.25, 0.3) is 0 Å². The summed E-state index contributed by atoms with van der Waals surface area (Å²) in [5, 5.41) is 0. The molecule has 0 unspecified atom stereocenters. The van der Waals surface area contributed by atoms with Gasteiger partial charge in [-0.1, -0.05) is 44.1 Å². The third kappa shape index (κ3) is 3.65. The number of unbranched alkanes of at least 4 members (excludes halogenated alkanes) is 2. The highest BCUT2D eigenvalue weighted by Gasteiger charge is 1.90. The van der Waals surface area contributed by atoms with Gasteiger partial charge in [0.05, 0.1) is 7.11 Å². The largest absolute Gasteiger partial charge is 0.497 e. The average molecular weight is 190 g/mol. The zero-order chi connectivity index (χ0) is 10.2. The monoisotopic (exact) mass is 190 g/mol. The molecule has 0 saturated heterocycles. The second-order valence-corrected chi connectivity index (χ2v) is 3.32. The molecule has 0 aliphatic carbocycles. The van der Waals surface area contributed by atoms with Crippen molar-refractivity contribution in [3.05, 3.63) is 35.9 Å². The fraction of sp³-hybridized carbons (Fsp3) is 0.385. The van der Waals surface area contributed by atoms with E-state index in [-0.39, 0.29) is 0 Å². The van der Waals surface area contributed by atoms with Crippen LogP contribution in [-0.2, 0) is 0 Å². The highest BCUT2D eigenvalue weighted by atomic mass is 16.5. The van der Waals surface area contributed by atoms with Crippen molar-refractivity contribution in [1.82, 2.24) is 0 Å². The molecule has 1 nitrogen and oxygen atoms in total. The van der Waals surface area contributed by atoms with Crippen LogP contribution in [0.5, 0.6) is 5.75 Å². The van der Waals surface area contributed by atoms with Crippen LogP contribution in [0, 0.1) is 0 Å². The van der Waals surface area contributed by atoms with E-state index in [9.17, 15) is 0 Å². The molecule has 0 spiro atoms. The summed E-state index contributed by atoms with van der Waals surface area (Å²) >= 11 is 0. The maximum atomic E-state index is 5.15. The van der Waals surface area contributed by atoms with Crippen molar-refractivity contribution in [2.24, 2.45) is 0 Å². The Morgan fingerprint density at radius 1 is 1.36 bits per heavy atom. The summed E-state index contributed by atoms with van der Waals surface area (Å²) in [6.07, 6.45) is 8.05. The molecular formula is C13H18O. The molecular weight excluding hydrogens is 172 g/mol. The van der Waals surface area contributed by atoms with Crippen LogP contribution in [0.4, 0.5) is 0 Å². The summed E-state index contributed by atoms with van der Waals surface area (Å²) in [6.45, 7) is 2.21. The lowest BCUT2D eigenvalue weighted by molar-refractivity contribution is 0.414. The summed E-state index contributed by atoms with van der Waals surface area (Å²) in [5.41, 5.74) is 1.21. The number of rotatable bonds is 5. The van der Waals surface area contributed by atoms with Crippen molar-refractivity contribution in [2.75, 3.05) is 7.11 Å². The van der Waals surface area contributed by atoms with Crippen LogP contribution in [0.2, 0.25) is 0 Å². The third-order valence-corrected chi connectivity index (χ3v) is 2.13. The van der Waals surface area contributed by atoms with Gasteiger partial charge in [-0.25, -0.2) is 0 Å². The smallest absolute Gasteiger partial charge is 0.119 e. The fourth-order valence-electron chi connectivity index (χ4n) is 1.29. The highest BCUT2D eigenvalue weighted by Crippen LogP contribution is 2.14. The van der Waals surface area contributed by atoms with Gasteiger partial charge in [-0.3, -0.25) is 0 Å². The van der Waals surface area contributed by atoms with E-state index in [1.807, 2.05) is 18.2 Å². The molecule has 0 amide bonds. The van der Waals surface area contributed by atoms with Crippen molar-refractivity contribution >= 4 is 6.08 Å². The van der Waals surface area contributed by atoms with Gasteiger partial charge >= 0.3 is 0 Å². The van der Waals surface area contributed by atoms with Crippen LogP contribution >= 0.6 is 0 Å². The van der Waals surface area contributed by atoms with E-state index >= 15 is 0 Å². The molecule has 0 atom stereocenters. The summed E-state index contributed by atoms with van der Waals surface area (Å²) in [4.78, 5) is 0. The molecule has 0 aromatic heterocycles. The van der Waals surface area contributed by atoms with Crippen LogP contribution in [0.25, 0.3) is 6.08 Å². The molecule has 0 saturated carbocycles. The van der Waals surface area contributed by atoms with Crippen molar-refractivity contribution in [3.8, 4) is 5.75 Å². The quantitative estimate of drug-likeness (QED) is 0.640. The van der Waals surface area contributed by atoms with E-state index < -0.39 is 0 Å². The number of ether oxygens (including phenoxy) is 1. The molecule has 0 fully saturated rings. The predicted octanol–water partition coefficient (Wildman–Crippen LogP) is 3.90. The van der Waals surface area contributed by atoms with Crippen LogP contribution in [0.3, 0.4) is 0 Å². The zero-order valence-electron chi connectivity index (χ0n) is 8.99. The molecule has 0 radical (unpaired) electrons. The minimum atomic E-state index is 0.919. The number of allylic oxidation sites excluding steroid dienone is 1. The Morgan fingerprint density at radius 3 is 2.93 bits per heavy atom. The minimum Gasteiger partial charge on any atom is -0.497 e. The molecule has 14 heavy (non-hydrogen) atoms. The minimum absolute atomic E-state index is 0.919. The SMILES string of the molecule is CCCC/C=C/c1cccc(OC)c1. The molecule has 76 valence electrons. The standard InChI is InChI=1S/C13H18O/c1-3-4-5-6-8-12-9-7-10-13(11-12)14-2/h6-11H,3-5H2,1-2H3/b8-6+. The van der Waals surface area contributed by atoms with Crippen LogP contribution < -0.4 is 4.74 Å². The Bertz CT molecular complexity index is 289. The Hall–Kier alpha value is -1.24. The van der Waals surface area contributed by atoms with Gasteiger partial charge in [-0.2, -0.15) is 0 Å². The molecule has 1 aromatic carbocycles. The maximum Gasteiger partial charge on any atom is 0.119 e. The van der Waals surface area contributed by atoms with Gasteiger partial charge in [0.2, 0.25) is 0 Å². The van der Waals surface area contributed by atoms with Crippen LogP contribution in [-0.4, -0.2) is 7.11 Å². The fourth-order valence-corrected chi connectivity index (χ4v) is 1.29. The molecule has 0 aliphatic rings. The summed E-state index contributed by atoms with van der Waals surface area (Å²) < 4.78 is 5.15. The van der Waals surface area contributed by atoms with E-state index in [0.717, 1.165) is 12.2 Å². The zero-order valence-corrected chi connectivity index (χ0v) is 8.99. The van der Waals surface area contributed by atoms with Crippen LogP contribution in [0.1, 0.15) is 31.7 Å². The normalized spacial score (nSPS) is 10.7. The lowest BCUT2D eigenvalue weighted by atomic mass is 10.1. The second kappa shape index (κ2) is 6.25.